The molecule has 1 aliphatic carbocycles. The van der Waals surface area contributed by atoms with E-state index < -0.39 is 0 Å². The van der Waals surface area contributed by atoms with E-state index in [-0.39, 0.29) is 5.72 Å². The smallest absolute Gasteiger partial charge is 0.144 e. The average Bonchev–Trinajstić information content (AvgIpc) is 2.57. The standard InChI is InChI=1S/C18H25N3O/c1-4-21(5-2)18(22-6-3)14-12-17(13-15-18)20-19-16-10-8-7-9-11-16/h7-14H,4-6,15H2,1-3H3. The van der Waals surface area contributed by atoms with Crippen molar-refractivity contribution in [3.05, 3.63) is 54.3 Å². The highest BCUT2D eigenvalue weighted by molar-refractivity contribution is 5.36. The van der Waals surface area contributed by atoms with Gasteiger partial charge in [0.05, 0.1) is 11.4 Å². The molecule has 0 aliphatic heterocycles. The minimum Gasteiger partial charge on any atom is -0.357 e. The van der Waals surface area contributed by atoms with Crippen molar-refractivity contribution in [2.45, 2.75) is 32.9 Å². The first-order chi connectivity index (χ1) is 10.7. The summed E-state index contributed by atoms with van der Waals surface area (Å²) in [6.45, 7) is 8.95. The molecule has 4 nitrogen and oxygen atoms in total. The first kappa shape index (κ1) is 16.6. The molecule has 2 rings (SSSR count). The Labute approximate surface area is 133 Å². The van der Waals surface area contributed by atoms with Crippen LogP contribution in [-0.4, -0.2) is 30.3 Å². The van der Waals surface area contributed by atoms with Crippen LogP contribution in [0.3, 0.4) is 0 Å². The van der Waals surface area contributed by atoms with Gasteiger partial charge in [-0.2, -0.15) is 10.2 Å². The normalized spacial score (nSPS) is 21.5. The van der Waals surface area contributed by atoms with E-state index in [4.69, 9.17) is 4.74 Å². The van der Waals surface area contributed by atoms with Gasteiger partial charge >= 0.3 is 0 Å². The van der Waals surface area contributed by atoms with Crippen LogP contribution in [0.15, 0.2) is 64.5 Å². The number of hydrogen-bond acceptors (Lipinski definition) is 4. The maximum Gasteiger partial charge on any atom is 0.144 e. The van der Waals surface area contributed by atoms with Crippen LogP contribution in [0.25, 0.3) is 0 Å². The number of nitrogens with zero attached hydrogens (tertiary/aromatic N) is 3. The Bertz CT molecular complexity index is 547. The molecule has 1 aromatic carbocycles. The van der Waals surface area contributed by atoms with Gasteiger partial charge in [0.25, 0.3) is 0 Å². The number of allylic oxidation sites excluding steroid dienone is 1. The topological polar surface area (TPSA) is 37.2 Å². The zero-order valence-corrected chi connectivity index (χ0v) is 13.7. The molecule has 118 valence electrons. The molecule has 0 N–H and O–H groups in total. The second-order valence-corrected chi connectivity index (χ2v) is 5.15. The summed E-state index contributed by atoms with van der Waals surface area (Å²) in [5.74, 6) is 0. The third kappa shape index (κ3) is 3.90. The zero-order chi connectivity index (χ0) is 15.8. The first-order valence-electron chi connectivity index (χ1n) is 7.99. The first-order valence-corrected chi connectivity index (χ1v) is 7.99. The van der Waals surface area contributed by atoms with Gasteiger partial charge in [-0.1, -0.05) is 38.1 Å². The Morgan fingerprint density at radius 2 is 1.82 bits per heavy atom. The highest BCUT2D eigenvalue weighted by atomic mass is 16.5. The summed E-state index contributed by atoms with van der Waals surface area (Å²) in [7, 11) is 0. The number of rotatable bonds is 7. The molecule has 1 aromatic rings. The summed E-state index contributed by atoms with van der Waals surface area (Å²) in [4.78, 5) is 2.33. The molecular weight excluding hydrogens is 274 g/mol. The van der Waals surface area contributed by atoms with E-state index in [1.807, 2.05) is 43.3 Å². The minimum absolute atomic E-state index is 0.343. The third-order valence-electron chi connectivity index (χ3n) is 3.85. The summed E-state index contributed by atoms with van der Waals surface area (Å²) >= 11 is 0. The molecule has 0 saturated heterocycles. The molecule has 0 heterocycles. The van der Waals surface area contributed by atoms with Crippen LogP contribution in [0.4, 0.5) is 5.69 Å². The Balaban J connectivity index is 2.10. The van der Waals surface area contributed by atoms with Crippen molar-refractivity contribution in [2.75, 3.05) is 19.7 Å². The maximum absolute atomic E-state index is 6.05. The predicted octanol–water partition coefficient (Wildman–Crippen LogP) is 4.69. The van der Waals surface area contributed by atoms with Crippen LogP contribution in [0.5, 0.6) is 0 Å². The number of ether oxygens (including phenoxy) is 1. The van der Waals surface area contributed by atoms with Crippen LogP contribution in [0.1, 0.15) is 27.2 Å². The van der Waals surface area contributed by atoms with Crippen molar-refractivity contribution in [1.29, 1.82) is 0 Å². The highest BCUT2D eigenvalue weighted by Crippen LogP contribution is 2.29. The van der Waals surface area contributed by atoms with E-state index in [2.05, 4.69) is 41.1 Å². The molecule has 0 bridgehead atoms. The van der Waals surface area contributed by atoms with E-state index in [1.54, 1.807) is 0 Å². The van der Waals surface area contributed by atoms with E-state index in [0.29, 0.717) is 6.61 Å². The van der Waals surface area contributed by atoms with Gasteiger partial charge in [-0.3, -0.25) is 4.90 Å². The van der Waals surface area contributed by atoms with Crippen molar-refractivity contribution in [1.82, 2.24) is 4.90 Å². The summed E-state index contributed by atoms with van der Waals surface area (Å²) in [5.41, 5.74) is 1.40. The van der Waals surface area contributed by atoms with Gasteiger partial charge in [0, 0.05) is 13.0 Å². The van der Waals surface area contributed by atoms with E-state index in [1.165, 1.54) is 0 Å². The molecule has 0 fully saturated rings. The van der Waals surface area contributed by atoms with Gasteiger partial charge in [0.1, 0.15) is 5.72 Å². The highest BCUT2D eigenvalue weighted by Gasteiger charge is 2.34. The summed E-state index contributed by atoms with van der Waals surface area (Å²) < 4.78 is 6.05. The van der Waals surface area contributed by atoms with Crippen molar-refractivity contribution in [3.63, 3.8) is 0 Å². The van der Waals surface area contributed by atoms with Gasteiger partial charge in [0.15, 0.2) is 0 Å². The van der Waals surface area contributed by atoms with Gasteiger partial charge < -0.3 is 4.74 Å². The Morgan fingerprint density at radius 1 is 1.09 bits per heavy atom. The number of benzene rings is 1. The lowest BCUT2D eigenvalue weighted by Crippen LogP contribution is -2.49. The Kier molecular flexibility index (Phi) is 6.04. The molecule has 1 unspecified atom stereocenters. The van der Waals surface area contributed by atoms with Crippen LogP contribution < -0.4 is 0 Å². The largest absolute Gasteiger partial charge is 0.357 e. The molecule has 1 aliphatic rings. The van der Waals surface area contributed by atoms with Crippen LogP contribution >= 0.6 is 0 Å². The number of azo groups is 1. The van der Waals surface area contributed by atoms with Crippen molar-refractivity contribution < 1.29 is 4.74 Å². The van der Waals surface area contributed by atoms with Crippen LogP contribution in [0.2, 0.25) is 0 Å². The number of hydrogen-bond donors (Lipinski definition) is 0. The lowest BCUT2D eigenvalue weighted by molar-refractivity contribution is -0.113. The molecule has 4 heteroatoms. The Morgan fingerprint density at radius 3 is 2.36 bits per heavy atom. The lowest BCUT2D eigenvalue weighted by atomic mass is 10.0. The fourth-order valence-electron chi connectivity index (χ4n) is 2.73. The molecule has 0 spiro atoms. The van der Waals surface area contributed by atoms with Crippen molar-refractivity contribution in [2.24, 2.45) is 10.2 Å². The quantitative estimate of drug-likeness (QED) is 0.541. The molecule has 0 radical (unpaired) electrons. The van der Waals surface area contributed by atoms with Crippen molar-refractivity contribution in [3.8, 4) is 0 Å². The maximum atomic E-state index is 6.05. The van der Waals surface area contributed by atoms with E-state index >= 15 is 0 Å². The molecule has 0 saturated carbocycles. The van der Waals surface area contributed by atoms with Gasteiger partial charge in [-0.15, -0.1) is 0 Å². The predicted molar refractivity (Wildman–Crippen MR) is 90.1 cm³/mol. The summed E-state index contributed by atoms with van der Waals surface area (Å²) in [5, 5.41) is 8.58. The third-order valence-corrected chi connectivity index (χ3v) is 3.85. The monoisotopic (exact) mass is 299 g/mol. The van der Waals surface area contributed by atoms with Gasteiger partial charge in [-0.25, -0.2) is 0 Å². The van der Waals surface area contributed by atoms with Crippen LogP contribution in [0, 0.1) is 0 Å². The Hall–Kier alpha value is -1.78. The molecule has 0 amide bonds. The number of likely N-dealkylation sites (N-methyl/N-ethyl adjacent to an activating group) is 1. The molecular formula is C18H25N3O. The zero-order valence-electron chi connectivity index (χ0n) is 13.7. The second kappa shape index (κ2) is 8.01. The van der Waals surface area contributed by atoms with E-state index in [0.717, 1.165) is 30.9 Å². The fraction of sp³-hybridized carbons (Fsp3) is 0.444. The van der Waals surface area contributed by atoms with Crippen molar-refractivity contribution >= 4 is 5.69 Å². The molecule has 0 aromatic heterocycles. The van der Waals surface area contributed by atoms with E-state index in [9.17, 15) is 0 Å². The SMILES string of the molecule is CCOC1(N(CC)CC)C=CC(N=Nc2ccccc2)=CC1. The van der Waals surface area contributed by atoms with Gasteiger partial charge in [0.2, 0.25) is 0 Å². The molecule has 1 atom stereocenters. The van der Waals surface area contributed by atoms with Crippen LogP contribution in [-0.2, 0) is 4.74 Å². The lowest BCUT2D eigenvalue weighted by Gasteiger charge is -2.41. The minimum atomic E-state index is -0.343. The summed E-state index contributed by atoms with van der Waals surface area (Å²) in [6.07, 6.45) is 7.01. The van der Waals surface area contributed by atoms with Gasteiger partial charge in [-0.05, 0) is 44.3 Å². The second-order valence-electron chi connectivity index (χ2n) is 5.15. The fourth-order valence-corrected chi connectivity index (χ4v) is 2.73. The average molecular weight is 299 g/mol. The summed E-state index contributed by atoms with van der Waals surface area (Å²) in [6, 6.07) is 9.77. The molecule has 22 heavy (non-hydrogen) atoms.